The quantitative estimate of drug-likeness (QED) is 0.413. The van der Waals surface area contributed by atoms with Crippen LogP contribution in [0.1, 0.15) is 46.5 Å². The maximum atomic E-state index is 5.28. The first-order valence-corrected chi connectivity index (χ1v) is 7.71. The van der Waals surface area contributed by atoms with E-state index < -0.39 is 0 Å². The average Bonchev–Trinajstić information content (AvgIpc) is 2.32. The highest BCUT2D eigenvalue weighted by atomic mass is 127. The first-order chi connectivity index (χ1) is 9.11. The van der Waals surface area contributed by atoms with Gasteiger partial charge in [-0.15, -0.1) is 24.0 Å². The molecule has 1 saturated heterocycles. The number of hydrogen-bond acceptors (Lipinski definition) is 2. The summed E-state index contributed by atoms with van der Waals surface area (Å²) < 4.78 is 5.28. The van der Waals surface area contributed by atoms with Crippen LogP contribution in [-0.2, 0) is 4.74 Å². The Hall–Kier alpha value is -0.0400. The maximum Gasteiger partial charge on any atom is 0.191 e. The van der Waals surface area contributed by atoms with Crippen molar-refractivity contribution in [2.75, 3.05) is 32.8 Å². The van der Waals surface area contributed by atoms with Gasteiger partial charge in [0, 0.05) is 18.5 Å². The number of nitrogens with one attached hydrogen (secondary N) is 2. The van der Waals surface area contributed by atoms with E-state index in [1.54, 1.807) is 0 Å². The van der Waals surface area contributed by atoms with Gasteiger partial charge in [-0.2, -0.15) is 0 Å². The summed E-state index contributed by atoms with van der Waals surface area (Å²) in [5.74, 6) is 0.968. The minimum atomic E-state index is 0. The van der Waals surface area contributed by atoms with E-state index in [2.05, 4.69) is 31.4 Å². The molecule has 0 unspecified atom stereocenters. The van der Waals surface area contributed by atoms with Gasteiger partial charge in [0.15, 0.2) is 5.96 Å². The highest BCUT2D eigenvalue weighted by Crippen LogP contribution is 2.43. The van der Waals surface area contributed by atoms with E-state index in [-0.39, 0.29) is 29.4 Å². The van der Waals surface area contributed by atoms with Gasteiger partial charge >= 0.3 is 0 Å². The molecule has 1 heterocycles. The minimum Gasteiger partial charge on any atom is -0.380 e. The van der Waals surface area contributed by atoms with Crippen LogP contribution >= 0.6 is 24.0 Å². The van der Waals surface area contributed by atoms with Crippen molar-refractivity contribution in [3.63, 3.8) is 0 Å². The number of ether oxygens (including phenoxy) is 1. The standard InChI is InChI=1S/C15H29N3O.HI/c1-4-15(7-6-8-15)10-18-13(16-5-2)17-9-14(3)11-19-12-14;/h4-12H2,1-3H3,(H2,16,17,18);1H. The van der Waals surface area contributed by atoms with Crippen molar-refractivity contribution in [1.82, 2.24) is 10.6 Å². The van der Waals surface area contributed by atoms with Crippen molar-refractivity contribution in [3.05, 3.63) is 0 Å². The van der Waals surface area contributed by atoms with E-state index >= 15 is 0 Å². The van der Waals surface area contributed by atoms with Crippen LogP contribution in [0.5, 0.6) is 0 Å². The summed E-state index contributed by atoms with van der Waals surface area (Å²) in [5, 5.41) is 6.88. The Morgan fingerprint density at radius 1 is 1.20 bits per heavy atom. The predicted octanol–water partition coefficient (Wildman–Crippen LogP) is 2.78. The van der Waals surface area contributed by atoms with Crippen molar-refractivity contribution < 1.29 is 4.74 Å². The fourth-order valence-electron chi connectivity index (χ4n) is 2.76. The number of guanidine groups is 1. The molecule has 0 aromatic carbocycles. The lowest BCUT2D eigenvalue weighted by Crippen LogP contribution is -2.47. The third-order valence-electron chi connectivity index (χ3n) is 4.66. The second kappa shape index (κ2) is 7.82. The molecule has 1 aliphatic carbocycles. The zero-order chi connectivity index (χ0) is 13.8. The zero-order valence-corrected chi connectivity index (χ0v) is 15.5. The SMILES string of the molecule is CCNC(=NCC1(C)COC1)NCC1(CC)CCC1.I. The molecule has 0 radical (unpaired) electrons. The molecule has 0 aromatic rings. The van der Waals surface area contributed by atoms with E-state index in [1.165, 1.54) is 25.7 Å². The van der Waals surface area contributed by atoms with Crippen molar-refractivity contribution >= 4 is 29.9 Å². The second-order valence-electron chi connectivity index (χ2n) is 6.56. The molecule has 1 aliphatic heterocycles. The second-order valence-corrected chi connectivity index (χ2v) is 6.56. The molecule has 0 amide bonds. The zero-order valence-electron chi connectivity index (χ0n) is 13.1. The van der Waals surface area contributed by atoms with E-state index in [0.29, 0.717) is 5.41 Å². The van der Waals surface area contributed by atoms with Crippen molar-refractivity contribution in [3.8, 4) is 0 Å². The molecule has 4 nitrogen and oxygen atoms in total. The molecule has 2 aliphatic rings. The molecule has 118 valence electrons. The maximum absolute atomic E-state index is 5.28. The molecule has 1 saturated carbocycles. The van der Waals surface area contributed by atoms with Crippen LogP contribution in [0.4, 0.5) is 0 Å². The van der Waals surface area contributed by atoms with E-state index in [4.69, 9.17) is 9.73 Å². The summed E-state index contributed by atoms with van der Waals surface area (Å²) in [6.45, 7) is 11.2. The molecular weight excluding hydrogens is 365 g/mol. The fraction of sp³-hybridized carbons (Fsp3) is 0.933. The van der Waals surface area contributed by atoms with Gasteiger partial charge in [-0.05, 0) is 31.6 Å². The molecular formula is C15H30IN3O. The molecule has 0 spiro atoms. The van der Waals surface area contributed by atoms with E-state index in [1.807, 2.05) is 0 Å². The van der Waals surface area contributed by atoms with Gasteiger partial charge < -0.3 is 15.4 Å². The molecule has 0 atom stereocenters. The molecule has 0 aromatic heterocycles. The molecule has 2 rings (SSSR count). The van der Waals surface area contributed by atoms with Crippen LogP contribution in [0.15, 0.2) is 4.99 Å². The number of rotatable bonds is 6. The molecule has 2 fully saturated rings. The highest BCUT2D eigenvalue weighted by molar-refractivity contribution is 14.0. The largest absolute Gasteiger partial charge is 0.380 e. The van der Waals surface area contributed by atoms with Crippen LogP contribution in [0.2, 0.25) is 0 Å². The van der Waals surface area contributed by atoms with Gasteiger partial charge in [0.2, 0.25) is 0 Å². The van der Waals surface area contributed by atoms with Gasteiger partial charge in [-0.1, -0.05) is 20.3 Å². The third kappa shape index (κ3) is 4.48. The Morgan fingerprint density at radius 2 is 1.90 bits per heavy atom. The first kappa shape index (κ1) is 18.0. The van der Waals surface area contributed by atoms with Gasteiger partial charge in [-0.25, -0.2) is 0 Å². The van der Waals surface area contributed by atoms with Gasteiger partial charge in [-0.3, -0.25) is 4.99 Å². The Labute approximate surface area is 140 Å². The van der Waals surface area contributed by atoms with Crippen LogP contribution in [0, 0.1) is 10.8 Å². The number of halogens is 1. The topological polar surface area (TPSA) is 45.7 Å². The summed E-state index contributed by atoms with van der Waals surface area (Å²) >= 11 is 0. The van der Waals surface area contributed by atoms with E-state index in [9.17, 15) is 0 Å². The Balaban J connectivity index is 0.00000200. The average molecular weight is 395 g/mol. The lowest BCUT2D eigenvalue weighted by Gasteiger charge is -2.42. The minimum absolute atomic E-state index is 0. The van der Waals surface area contributed by atoms with Gasteiger partial charge in [0.25, 0.3) is 0 Å². The Kier molecular flexibility index (Phi) is 7.04. The van der Waals surface area contributed by atoms with Crippen LogP contribution in [0.3, 0.4) is 0 Å². The lowest BCUT2D eigenvalue weighted by atomic mass is 9.67. The smallest absolute Gasteiger partial charge is 0.191 e. The summed E-state index contributed by atoms with van der Waals surface area (Å²) in [5.41, 5.74) is 0.779. The number of aliphatic imine (C=N–C) groups is 1. The summed E-state index contributed by atoms with van der Waals surface area (Å²) in [6.07, 6.45) is 5.38. The van der Waals surface area contributed by atoms with Crippen molar-refractivity contribution in [1.29, 1.82) is 0 Å². The third-order valence-corrected chi connectivity index (χ3v) is 4.66. The van der Waals surface area contributed by atoms with Gasteiger partial charge in [0.1, 0.15) is 0 Å². The number of nitrogens with zero attached hydrogens (tertiary/aromatic N) is 1. The van der Waals surface area contributed by atoms with Gasteiger partial charge in [0.05, 0.1) is 19.8 Å². The highest BCUT2D eigenvalue weighted by Gasteiger charge is 2.35. The van der Waals surface area contributed by atoms with Crippen LogP contribution in [-0.4, -0.2) is 38.8 Å². The summed E-state index contributed by atoms with van der Waals surface area (Å²) in [7, 11) is 0. The van der Waals surface area contributed by atoms with Crippen molar-refractivity contribution in [2.45, 2.75) is 46.5 Å². The normalized spacial score (nSPS) is 23.1. The number of hydrogen-bond donors (Lipinski definition) is 2. The Morgan fingerprint density at radius 3 is 2.30 bits per heavy atom. The molecule has 2 N–H and O–H groups in total. The lowest BCUT2D eigenvalue weighted by molar-refractivity contribution is -0.0945. The van der Waals surface area contributed by atoms with E-state index in [0.717, 1.165) is 38.8 Å². The van der Waals surface area contributed by atoms with Crippen LogP contribution < -0.4 is 10.6 Å². The van der Waals surface area contributed by atoms with Crippen molar-refractivity contribution in [2.24, 2.45) is 15.8 Å². The predicted molar refractivity (Wildman–Crippen MR) is 94.9 cm³/mol. The first-order valence-electron chi connectivity index (χ1n) is 7.71. The monoisotopic (exact) mass is 395 g/mol. The summed E-state index contributed by atoms with van der Waals surface area (Å²) in [4.78, 5) is 4.72. The molecule has 20 heavy (non-hydrogen) atoms. The summed E-state index contributed by atoms with van der Waals surface area (Å²) in [6, 6.07) is 0. The fourth-order valence-corrected chi connectivity index (χ4v) is 2.76. The molecule has 0 bridgehead atoms. The Bertz CT molecular complexity index is 320. The van der Waals surface area contributed by atoms with Crippen LogP contribution in [0.25, 0.3) is 0 Å². The molecule has 5 heteroatoms.